The van der Waals surface area contributed by atoms with Crippen molar-refractivity contribution in [1.82, 2.24) is 30.0 Å². The fraction of sp³-hybridized carbons (Fsp3) is 0.281. The van der Waals surface area contributed by atoms with Gasteiger partial charge in [0.15, 0.2) is 11.5 Å². The fourth-order valence-electron chi connectivity index (χ4n) is 4.84. The van der Waals surface area contributed by atoms with E-state index >= 15 is 0 Å². The van der Waals surface area contributed by atoms with Gasteiger partial charge in [-0.15, -0.1) is 10.2 Å². The molecule has 14 nitrogen and oxygen atoms in total. The quantitative estimate of drug-likeness (QED) is 0.225. The molecule has 3 aromatic heterocycles. The number of nitrogens with one attached hydrogen (secondary N) is 3. The molecule has 0 unspecified atom stereocenters. The smallest absolute Gasteiger partial charge is 0.273 e. The number of carbonyl (C=O) groups is 3. The summed E-state index contributed by atoms with van der Waals surface area (Å²) >= 11 is 0. The highest BCUT2D eigenvalue weighted by atomic mass is 16.5. The Balaban J connectivity index is 1.45. The van der Waals surface area contributed by atoms with E-state index in [2.05, 4.69) is 31.1 Å². The number of hydrogen-bond acceptors (Lipinski definition) is 10. The molecule has 0 saturated heterocycles. The second-order valence-corrected chi connectivity index (χ2v) is 10.7. The van der Waals surface area contributed by atoms with Crippen LogP contribution >= 0.6 is 0 Å². The number of pyridine rings is 2. The van der Waals surface area contributed by atoms with E-state index in [4.69, 9.17) is 9.47 Å². The minimum Gasteiger partial charge on any atom is -0.494 e. The van der Waals surface area contributed by atoms with Crippen molar-refractivity contribution in [2.24, 2.45) is 13.0 Å². The highest BCUT2D eigenvalue weighted by Gasteiger charge is 2.30. The summed E-state index contributed by atoms with van der Waals surface area (Å²) in [4.78, 5) is 56.6. The molecule has 4 aromatic rings. The van der Waals surface area contributed by atoms with Crippen LogP contribution in [-0.2, 0) is 18.4 Å². The molecule has 0 atom stereocenters. The number of anilines is 3. The summed E-state index contributed by atoms with van der Waals surface area (Å²) in [6.07, 6.45) is 3.30. The molecule has 3 N–H and O–H groups in total. The minimum atomic E-state index is -0.478. The molecule has 0 radical (unpaired) electrons. The number of ether oxygens (including phenoxy) is 2. The van der Waals surface area contributed by atoms with Crippen LogP contribution in [0.1, 0.15) is 39.4 Å². The van der Waals surface area contributed by atoms with Gasteiger partial charge in [0.1, 0.15) is 11.4 Å². The molecule has 0 aliphatic heterocycles. The van der Waals surface area contributed by atoms with Crippen molar-refractivity contribution in [2.45, 2.75) is 19.4 Å². The topological polar surface area (TPSA) is 170 Å². The number of nitrogens with zero attached hydrogens (tertiary/aromatic N) is 5. The number of amides is 3. The zero-order valence-corrected chi connectivity index (χ0v) is 26.1. The molecule has 1 aliphatic carbocycles. The zero-order chi connectivity index (χ0) is 33.0. The minimum absolute atomic E-state index is 0.0129. The van der Waals surface area contributed by atoms with Gasteiger partial charge in [-0.2, -0.15) is 0 Å². The summed E-state index contributed by atoms with van der Waals surface area (Å²) in [6, 6.07) is 13.6. The first kappa shape index (κ1) is 31.6. The van der Waals surface area contributed by atoms with Crippen molar-refractivity contribution in [3.63, 3.8) is 0 Å². The predicted octanol–water partition coefficient (Wildman–Crippen LogP) is 2.98. The van der Waals surface area contributed by atoms with Crippen LogP contribution in [0.5, 0.6) is 11.6 Å². The number of hydrogen-bond donors (Lipinski definition) is 3. The van der Waals surface area contributed by atoms with Crippen LogP contribution in [-0.4, -0.2) is 70.7 Å². The normalized spacial score (nSPS) is 12.2. The number of methoxy groups -OCH3 is 2. The lowest BCUT2D eigenvalue weighted by Crippen LogP contribution is -2.31. The van der Waals surface area contributed by atoms with E-state index in [9.17, 15) is 19.2 Å². The fourth-order valence-corrected chi connectivity index (χ4v) is 4.84. The van der Waals surface area contributed by atoms with Gasteiger partial charge >= 0.3 is 0 Å². The average molecular weight is 627 g/mol. The van der Waals surface area contributed by atoms with Crippen molar-refractivity contribution in [2.75, 3.05) is 38.9 Å². The standard InChI is InChI=1S/C32H34N8O6/c1-33-29(42)26-24(16-25(37-38-26)36-28(41)18-11-12-18)34-22-10-6-9-20(27(22)45-4)21-13-14-23(35-30(21)46-5)32(44)40(3)17-19-8-7-15-39(2)31(19)43/h6-10,13-16,18H,11-12,17H2,1-5H3,(H,33,42)(H2,34,36,37,41). The molecule has 3 heterocycles. The summed E-state index contributed by atoms with van der Waals surface area (Å²) in [5, 5.41) is 16.6. The van der Waals surface area contributed by atoms with Crippen LogP contribution in [0, 0.1) is 5.92 Å². The Morgan fingerprint density at radius 2 is 1.78 bits per heavy atom. The van der Waals surface area contributed by atoms with Crippen LogP contribution < -0.4 is 31.0 Å². The average Bonchev–Trinajstić information content (AvgIpc) is 3.92. The van der Waals surface area contributed by atoms with Gasteiger partial charge in [-0.3, -0.25) is 19.2 Å². The maximum Gasteiger partial charge on any atom is 0.273 e. The van der Waals surface area contributed by atoms with Gasteiger partial charge in [0.05, 0.1) is 32.1 Å². The second-order valence-electron chi connectivity index (χ2n) is 10.7. The van der Waals surface area contributed by atoms with E-state index in [1.165, 1.54) is 36.8 Å². The monoisotopic (exact) mass is 626 g/mol. The van der Waals surface area contributed by atoms with Crippen LogP contribution in [0.3, 0.4) is 0 Å². The Kier molecular flexibility index (Phi) is 9.26. The molecule has 3 amide bonds. The summed E-state index contributed by atoms with van der Waals surface area (Å²) < 4.78 is 12.9. The summed E-state index contributed by atoms with van der Waals surface area (Å²) in [5.74, 6) is -0.301. The van der Waals surface area contributed by atoms with Crippen molar-refractivity contribution in [3.05, 3.63) is 82.0 Å². The molecule has 1 saturated carbocycles. The third-order valence-electron chi connectivity index (χ3n) is 7.44. The molecular formula is C32H34N8O6. The number of para-hydroxylation sites is 1. The molecule has 14 heteroatoms. The van der Waals surface area contributed by atoms with Crippen LogP contribution in [0.2, 0.25) is 0 Å². The number of aromatic nitrogens is 4. The van der Waals surface area contributed by atoms with Gasteiger partial charge in [0.2, 0.25) is 11.8 Å². The van der Waals surface area contributed by atoms with E-state index in [-0.39, 0.29) is 47.0 Å². The van der Waals surface area contributed by atoms with Crippen molar-refractivity contribution >= 4 is 34.9 Å². The SMILES string of the molecule is CNC(=O)c1nnc(NC(=O)C2CC2)cc1Nc1cccc(-c2ccc(C(=O)N(C)Cc3cccn(C)c3=O)nc2OC)c1OC. The molecule has 0 spiro atoms. The summed E-state index contributed by atoms with van der Waals surface area (Å²) in [5.41, 5.74) is 2.32. The van der Waals surface area contributed by atoms with Gasteiger partial charge in [0, 0.05) is 56.0 Å². The highest BCUT2D eigenvalue weighted by molar-refractivity contribution is 6.00. The number of rotatable bonds is 11. The van der Waals surface area contributed by atoms with E-state index in [0.717, 1.165) is 12.8 Å². The molecular weight excluding hydrogens is 592 g/mol. The summed E-state index contributed by atoms with van der Waals surface area (Å²) in [6.45, 7) is 0.105. The Morgan fingerprint density at radius 3 is 2.48 bits per heavy atom. The van der Waals surface area contributed by atoms with Crippen LogP contribution in [0.15, 0.2) is 59.5 Å². The van der Waals surface area contributed by atoms with Crippen molar-refractivity contribution in [3.8, 4) is 22.8 Å². The lowest BCUT2D eigenvalue weighted by Gasteiger charge is -2.19. The largest absolute Gasteiger partial charge is 0.494 e. The van der Waals surface area contributed by atoms with Crippen LogP contribution in [0.4, 0.5) is 17.2 Å². The molecule has 46 heavy (non-hydrogen) atoms. The molecule has 1 aliphatic rings. The number of carbonyl (C=O) groups excluding carboxylic acids is 3. The Morgan fingerprint density at radius 1 is 1.00 bits per heavy atom. The molecule has 1 aromatic carbocycles. The Labute approximate surface area is 264 Å². The van der Waals surface area contributed by atoms with Gasteiger partial charge < -0.3 is 34.9 Å². The first-order valence-corrected chi connectivity index (χ1v) is 14.4. The van der Waals surface area contributed by atoms with E-state index in [1.54, 1.807) is 62.8 Å². The van der Waals surface area contributed by atoms with Gasteiger partial charge in [0.25, 0.3) is 17.4 Å². The lowest BCUT2D eigenvalue weighted by molar-refractivity contribution is -0.117. The molecule has 0 bridgehead atoms. The molecule has 5 rings (SSSR count). The third kappa shape index (κ3) is 6.65. The number of aryl methyl sites for hydroxylation is 1. The van der Waals surface area contributed by atoms with Gasteiger partial charge in [-0.1, -0.05) is 18.2 Å². The van der Waals surface area contributed by atoms with E-state index in [0.29, 0.717) is 33.8 Å². The predicted molar refractivity (Wildman–Crippen MR) is 170 cm³/mol. The first-order chi connectivity index (χ1) is 22.1. The Hall–Kier alpha value is -5.79. The number of benzene rings is 1. The molecule has 1 fully saturated rings. The van der Waals surface area contributed by atoms with Crippen molar-refractivity contribution in [1.29, 1.82) is 0 Å². The lowest BCUT2D eigenvalue weighted by atomic mass is 10.0. The maximum absolute atomic E-state index is 13.3. The van der Waals surface area contributed by atoms with E-state index < -0.39 is 11.8 Å². The second kappa shape index (κ2) is 13.5. The first-order valence-electron chi connectivity index (χ1n) is 14.4. The third-order valence-corrected chi connectivity index (χ3v) is 7.44. The van der Waals surface area contributed by atoms with Gasteiger partial charge in [-0.25, -0.2) is 4.98 Å². The van der Waals surface area contributed by atoms with Crippen LogP contribution in [0.25, 0.3) is 11.1 Å². The summed E-state index contributed by atoms with van der Waals surface area (Å²) in [7, 11) is 7.67. The maximum atomic E-state index is 13.3. The Bertz CT molecular complexity index is 1870. The zero-order valence-electron chi connectivity index (χ0n) is 26.1. The highest BCUT2D eigenvalue weighted by Crippen LogP contribution is 2.41. The van der Waals surface area contributed by atoms with E-state index in [1.807, 2.05) is 0 Å². The van der Waals surface area contributed by atoms with Gasteiger partial charge in [-0.05, 0) is 37.1 Å². The van der Waals surface area contributed by atoms with Crippen molar-refractivity contribution < 1.29 is 23.9 Å². The molecule has 238 valence electrons.